The molecule has 0 atom stereocenters. The van der Waals surface area contributed by atoms with Crippen molar-refractivity contribution in [1.29, 1.82) is 5.26 Å². The van der Waals surface area contributed by atoms with E-state index in [9.17, 15) is 22.9 Å². The first-order chi connectivity index (χ1) is 15.2. The number of rotatable bonds is 6. The summed E-state index contributed by atoms with van der Waals surface area (Å²) in [6.07, 6.45) is 1.17. The Morgan fingerprint density at radius 2 is 1.81 bits per heavy atom. The average Bonchev–Trinajstić information content (AvgIpc) is 2.75. The van der Waals surface area contributed by atoms with Crippen LogP contribution in [-0.2, 0) is 14.9 Å². The summed E-state index contributed by atoms with van der Waals surface area (Å²) in [5.74, 6) is -1.60. The van der Waals surface area contributed by atoms with E-state index in [-0.39, 0.29) is 27.5 Å². The Balaban J connectivity index is 1.95. The van der Waals surface area contributed by atoms with Crippen molar-refractivity contribution in [2.75, 3.05) is 5.32 Å². The average molecular weight is 515 g/mol. The van der Waals surface area contributed by atoms with E-state index < -0.39 is 21.8 Å². The van der Waals surface area contributed by atoms with E-state index in [1.165, 1.54) is 54.6 Å². The van der Waals surface area contributed by atoms with E-state index in [1.54, 1.807) is 24.3 Å². The number of anilines is 1. The minimum Gasteiger partial charge on any atom is -0.378 e. The van der Waals surface area contributed by atoms with Crippen LogP contribution in [-0.4, -0.2) is 14.3 Å². The Morgan fingerprint density at radius 1 is 1.12 bits per heavy atom. The van der Waals surface area contributed by atoms with Crippen molar-refractivity contribution in [2.45, 2.75) is 11.8 Å². The fraction of sp³-hybridized carbons (Fsp3) is 0.0435. The first-order valence-electron chi connectivity index (χ1n) is 9.18. The monoisotopic (exact) mass is 514 g/mol. The highest BCUT2D eigenvalue weighted by molar-refractivity contribution is 9.10. The van der Waals surface area contributed by atoms with Crippen LogP contribution in [0.5, 0.6) is 5.75 Å². The first-order valence-corrected chi connectivity index (χ1v) is 11.4. The van der Waals surface area contributed by atoms with Gasteiger partial charge in [0.1, 0.15) is 28.1 Å². The number of hydrogen-bond donors (Lipinski definition) is 1. The zero-order chi connectivity index (χ0) is 23.3. The molecule has 0 aliphatic carbocycles. The molecule has 9 heteroatoms. The number of benzene rings is 3. The molecule has 0 fully saturated rings. The topological polar surface area (TPSA) is 96.3 Å². The van der Waals surface area contributed by atoms with Crippen LogP contribution in [0.2, 0.25) is 0 Å². The van der Waals surface area contributed by atoms with Crippen LogP contribution in [0.15, 0.2) is 81.7 Å². The molecule has 3 aromatic carbocycles. The molecule has 0 spiro atoms. The lowest BCUT2D eigenvalue weighted by Gasteiger charge is -2.11. The zero-order valence-electron chi connectivity index (χ0n) is 16.7. The molecule has 0 aliphatic heterocycles. The highest BCUT2D eigenvalue weighted by Crippen LogP contribution is 2.29. The van der Waals surface area contributed by atoms with Gasteiger partial charge in [-0.1, -0.05) is 45.8 Å². The molecule has 0 radical (unpaired) electrons. The summed E-state index contributed by atoms with van der Waals surface area (Å²) in [6, 6.07) is 17.8. The Morgan fingerprint density at radius 3 is 2.47 bits per heavy atom. The molecule has 0 aliphatic rings. The lowest BCUT2D eigenvalue weighted by Crippen LogP contribution is -2.14. The molecule has 162 valence electrons. The van der Waals surface area contributed by atoms with E-state index in [4.69, 9.17) is 4.18 Å². The van der Waals surface area contributed by atoms with Gasteiger partial charge in [0.25, 0.3) is 5.91 Å². The first kappa shape index (κ1) is 23.2. The summed E-state index contributed by atoms with van der Waals surface area (Å²) in [7, 11) is -4.16. The fourth-order valence-electron chi connectivity index (χ4n) is 2.64. The number of nitrogens with one attached hydrogen (secondary N) is 1. The lowest BCUT2D eigenvalue weighted by atomic mass is 10.1. The summed E-state index contributed by atoms with van der Waals surface area (Å²) < 4.78 is 45.0. The van der Waals surface area contributed by atoms with Crippen LogP contribution in [0.4, 0.5) is 10.1 Å². The maximum atomic E-state index is 13.8. The third-order valence-corrected chi connectivity index (χ3v) is 6.01. The minimum absolute atomic E-state index is 0.0428. The molecule has 0 bridgehead atoms. The second-order valence-electron chi connectivity index (χ2n) is 6.64. The van der Waals surface area contributed by atoms with Crippen molar-refractivity contribution in [3.8, 4) is 11.8 Å². The van der Waals surface area contributed by atoms with E-state index >= 15 is 0 Å². The van der Waals surface area contributed by atoms with Crippen LogP contribution in [0, 0.1) is 24.1 Å². The summed E-state index contributed by atoms with van der Waals surface area (Å²) in [4.78, 5) is 12.5. The second kappa shape index (κ2) is 9.77. The normalized spacial score (nSPS) is 11.5. The van der Waals surface area contributed by atoms with Crippen LogP contribution in [0.1, 0.15) is 11.1 Å². The molecule has 0 unspecified atom stereocenters. The zero-order valence-corrected chi connectivity index (χ0v) is 19.1. The molecule has 3 rings (SSSR count). The number of aryl methyl sites for hydroxylation is 1. The Labute approximate surface area is 193 Å². The molecule has 3 aromatic rings. The molecule has 0 aromatic heterocycles. The summed E-state index contributed by atoms with van der Waals surface area (Å²) in [6.45, 7) is 1.82. The lowest BCUT2D eigenvalue weighted by molar-refractivity contribution is -0.112. The predicted octanol–water partition coefficient (Wildman–Crippen LogP) is 5.21. The Hall–Kier alpha value is -3.48. The van der Waals surface area contributed by atoms with E-state index in [2.05, 4.69) is 21.2 Å². The third kappa shape index (κ3) is 5.60. The Kier molecular flexibility index (Phi) is 7.08. The van der Waals surface area contributed by atoms with Gasteiger partial charge in [0, 0.05) is 10.0 Å². The van der Waals surface area contributed by atoms with E-state index in [0.717, 1.165) is 5.56 Å². The number of amides is 1. The van der Waals surface area contributed by atoms with Crippen molar-refractivity contribution < 1.29 is 21.8 Å². The summed E-state index contributed by atoms with van der Waals surface area (Å²) in [5, 5.41) is 11.8. The number of para-hydroxylation sites is 1. The van der Waals surface area contributed by atoms with Gasteiger partial charge in [0.05, 0.1) is 5.69 Å². The van der Waals surface area contributed by atoms with Crippen molar-refractivity contribution in [2.24, 2.45) is 0 Å². The molecular formula is C23H16BrFN2O4S. The number of hydrogen-bond acceptors (Lipinski definition) is 5. The van der Waals surface area contributed by atoms with Crippen molar-refractivity contribution in [3.63, 3.8) is 0 Å². The number of carbonyl (C=O) groups is 1. The molecule has 32 heavy (non-hydrogen) atoms. The van der Waals surface area contributed by atoms with Gasteiger partial charge >= 0.3 is 10.1 Å². The molecule has 1 amide bonds. The van der Waals surface area contributed by atoms with Gasteiger partial charge in [0.2, 0.25) is 0 Å². The standard InChI is InChI=1S/C23H16BrFN2O4S/c1-15-6-9-19(10-7-15)32(29,30)31-22-11-8-18(24)13-16(22)12-17(14-26)23(28)27-21-5-3-2-4-20(21)25/h2-13H,1H3,(H,27,28)/b17-12+. The fourth-order valence-corrected chi connectivity index (χ4v) is 3.97. The van der Waals surface area contributed by atoms with Crippen molar-refractivity contribution in [3.05, 3.63) is 93.7 Å². The minimum atomic E-state index is -4.16. The maximum absolute atomic E-state index is 13.8. The van der Waals surface area contributed by atoms with Gasteiger partial charge in [0.15, 0.2) is 0 Å². The quantitative estimate of drug-likeness (QED) is 0.276. The van der Waals surface area contributed by atoms with Crippen LogP contribution in [0.25, 0.3) is 6.08 Å². The van der Waals surface area contributed by atoms with E-state index in [1.807, 2.05) is 6.92 Å². The number of carbonyl (C=O) groups excluding carboxylic acids is 1. The molecule has 0 saturated carbocycles. The van der Waals surface area contributed by atoms with Gasteiger partial charge in [-0.2, -0.15) is 13.7 Å². The number of nitriles is 1. The van der Waals surface area contributed by atoms with Crippen molar-refractivity contribution >= 4 is 43.7 Å². The van der Waals surface area contributed by atoms with Gasteiger partial charge in [-0.3, -0.25) is 4.79 Å². The Bertz CT molecular complexity index is 1350. The third-order valence-electron chi connectivity index (χ3n) is 4.27. The smallest absolute Gasteiger partial charge is 0.339 e. The molecule has 0 saturated heterocycles. The molecular weight excluding hydrogens is 499 g/mol. The maximum Gasteiger partial charge on any atom is 0.339 e. The number of nitrogens with zero attached hydrogens (tertiary/aromatic N) is 1. The van der Waals surface area contributed by atoms with Gasteiger partial charge in [-0.15, -0.1) is 0 Å². The van der Waals surface area contributed by atoms with E-state index in [0.29, 0.717) is 4.47 Å². The molecule has 6 nitrogen and oxygen atoms in total. The molecule has 0 heterocycles. The van der Waals surface area contributed by atoms with Gasteiger partial charge < -0.3 is 9.50 Å². The SMILES string of the molecule is Cc1ccc(S(=O)(=O)Oc2ccc(Br)cc2/C=C(\C#N)C(=O)Nc2ccccc2F)cc1. The summed E-state index contributed by atoms with van der Waals surface area (Å²) >= 11 is 3.27. The van der Waals surface area contributed by atoms with Crippen molar-refractivity contribution in [1.82, 2.24) is 0 Å². The van der Waals surface area contributed by atoms with Gasteiger partial charge in [-0.25, -0.2) is 4.39 Å². The van der Waals surface area contributed by atoms with Crippen LogP contribution < -0.4 is 9.50 Å². The van der Waals surface area contributed by atoms with Crippen LogP contribution >= 0.6 is 15.9 Å². The highest BCUT2D eigenvalue weighted by atomic mass is 79.9. The van der Waals surface area contributed by atoms with Gasteiger partial charge in [-0.05, 0) is 55.5 Å². The van der Waals surface area contributed by atoms with Crippen LogP contribution in [0.3, 0.4) is 0 Å². The predicted molar refractivity (Wildman–Crippen MR) is 122 cm³/mol. The largest absolute Gasteiger partial charge is 0.378 e. The summed E-state index contributed by atoms with van der Waals surface area (Å²) in [5.41, 5.74) is 0.585. The molecule has 1 N–H and O–H groups in total. The number of halogens is 2. The highest BCUT2D eigenvalue weighted by Gasteiger charge is 2.19. The second-order valence-corrected chi connectivity index (χ2v) is 9.10.